The molecule has 5 nitrogen and oxygen atoms in total. The van der Waals surface area contributed by atoms with Crippen LogP contribution in [0.3, 0.4) is 0 Å². The van der Waals surface area contributed by atoms with E-state index in [-0.39, 0.29) is 12.0 Å². The number of ether oxygens (including phenoxy) is 1. The van der Waals surface area contributed by atoms with Crippen LogP contribution in [0.1, 0.15) is 19.8 Å². The van der Waals surface area contributed by atoms with E-state index in [1.807, 2.05) is 11.8 Å². The van der Waals surface area contributed by atoms with Gasteiger partial charge in [0.25, 0.3) is 0 Å². The summed E-state index contributed by atoms with van der Waals surface area (Å²) in [6, 6.07) is 0.501. The topological polar surface area (TPSA) is 44.8 Å². The Kier molecular flexibility index (Phi) is 4.97. The molecular formula is C13H25N3O2. The maximum absolute atomic E-state index is 12.2. The summed E-state index contributed by atoms with van der Waals surface area (Å²) in [5.74, 6) is 0.234. The van der Waals surface area contributed by atoms with Crippen molar-refractivity contribution in [1.82, 2.24) is 15.1 Å². The maximum Gasteiger partial charge on any atom is 0.236 e. The van der Waals surface area contributed by atoms with Crippen LogP contribution in [0.15, 0.2) is 0 Å². The minimum atomic E-state index is 0.171. The van der Waals surface area contributed by atoms with Crippen molar-refractivity contribution in [1.29, 1.82) is 0 Å². The second kappa shape index (κ2) is 6.50. The number of morpholine rings is 1. The molecule has 0 spiro atoms. The third-order valence-electron chi connectivity index (χ3n) is 3.87. The van der Waals surface area contributed by atoms with Crippen LogP contribution in [0.5, 0.6) is 0 Å². The van der Waals surface area contributed by atoms with E-state index < -0.39 is 0 Å². The average molecular weight is 255 g/mol. The molecule has 2 atom stereocenters. The summed E-state index contributed by atoms with van der Waals surface area (Å²) < 4.78 is 5.46. The monoisotopic (exact) mass is 255 g/mol. The van der Waals surface area contributed by atoms with E-state index >= 15 is 0 Å². The SMILES string of the molecule is CC1CN(C(=O)CN(C)C2CCCNC2)CCO1. The highest BCUT2D eigenvalue weighted by molar-refractivity contribution is 5.78. The van der Waals surface area contributed by atoms with Gasteiger partial charge in [0.05, 0.1) is 19.3 Å². The molecule has 2 aliphatic heterocycles. The molecule has 0 bridgehead atoms. The van der Waals surface area contributed by atoms with Gasteiger partial charge in [0.1, 0.15) is 0 Å². The van der Waals surface area contributed by atoms with Gasteiger partial charge in [0.15, 0.2) is 0 Å². The largest absolute Gasteiger partial charge is 0.375 e. The van der Waals surface area contributed by atoms with Crippen molar-refractivity contribution in [2.45, 2.75) is 31.9 Å². The van der Waals surface area contributed by atoms with E-state index in [0.717, 1.165) is 26.2 Å². The molecule has 1 amide bonds. The second-order valence-electron chi connectivity index (χ2n) is 5.44. The van der Waals surface area contributed by atoms with Crippen LogP contribution in [-0.4, -0.2) is 74.2 Å². The molecule has 2 saturated heterocycles. The van der Waals surface area contributed by atoms with Crippen LogP contribution in [-0.2, 0) is 9.53 Å². The molecule has 0 aromatic heterocycles. The molecule has 2 aliphatic rings. The molecule has 2 rings (SSSR count). The number of piperidine rings is 1. The van der Waals surface area contributed by atoms with Gasteiger partial charge in [-0.15, -0.1) is 0 Å². The average Bonchev–Trinajstić information content (AvgIpc) is 2.39. The fraction of sp³-hybridized carbons (Fsp3) is 0.923. The number of nitrogens with zero attached hydrogens (tertiary/aromatic N) is 2. The Hall–Kier alpha value is -0.650. The summed E-state index contributed by atoms with van der Waals surface area (Å²) >= 11 is 0. The van der Waals surface area contributed by atoms with E-state index in [4.69, 9.17) is 4.74 Å². The lowest BCUT2D eigenvalue weighted by molar-refractivity contribution is -0.139. The third kappa shape index (κ3) is 3.67. The fourth-order valence-corrected chi connectivity index (χ4v) is 2.70. The molecule has 1 N–H and O–H groups in total. The molecule has 18 heavy (non-hydrogen) atoms. The van der Waals surface area contributed by atoms with Gasteiger partial charge >= 0.3 is 0 Å². The van der Waals surface area contributed by atoms with E-state index in [2.05, 4.69) is 17.3 Å². The summed E-state index contributed by atoms with van der Waals surface area (Å²) in [5, 5.41) is 3.39. The zero-order chi connectivity index (χ0) is 13.0. The molecule has 0 aromatic rings. The molecule has 0 saturated carbocycles. The Morgan fingerprint density at radius 1 is 1.56 bits per heavy atom. The maximum atomic E-state index is 12.2. The number of likely N-dealkylation sites (N-methyl/N-ethyl adjacent to an activating group) is 1. The van der Waals surface area contributed by atoms with E-state index in [1.165, 1.54) is 12.8 Å². The number of carbonyl (C=O) groups is 1. The smallest absolute Gasteiger partial charge is 0.236 e. The van der Waals surface area contributed by atoms with Crippen molar-refractivity contribution < 1.29 is 9.53 Å². The Morgan fingerprint density at radius 3 is 3.06 bits per heavy atom. The first kappa shape index (κ1) is 13.8. The molecule has 2 unspecified atom stereocenters. The highest BCUT2D eigenvalue weighted by atomic mass is 16.5. The summed E-state index contributed by atoms with van der Waals surface area (Å²) in [4.78, 5) is 16.3. The van der Waals surface area contributed by atoms with Gasteiger partial charge in [-0.2, -0.15) is 0 Å². The van der Waals surface area contributed by atoms with Crippen LogP contribution in [0.4, 0.5) is 0 Å². The first-order chi connectivity index (χ1) is 8.66. The van der Waals surface area contributed by atoms with E-state index in [1.54, 1.807) is 0 Å². The molecule has 104 valence electrons. The van der Waals surface area contributed by atoms with Crippen LogP contribution in [0.25, 0.3) is 0 Å². The van der Waals surface area contributed by atoms with Gasteiger partial charge in [0, 0.05) is 25.7 Å². The van der Waals surface area contributed by atoms with Gasteiger partial charge in [-0.1, -0.05) is 0 Å². The minimum absolute atomic E-state index is 0.171. The lowest BCUT2D eigenvalue weighted by atomic mass is 10.1. The van der Waals surface area contributed by atoms with Crippen LogP contribution in [0, 0.1) is 0 Å². The number of amides is 1. The molecule has 2 fully saturated rings. The zero-order valence-electron chi connectivity index (χ0n) is 11.5. The Balaban J connectivity index is 1.78. The van der Waals surface area contributed by atoms with Crippen LogP contribution in [0.2, 0.25) is 0 Å². The van der Waals surface area contributed by atoms with Crippen molar-refractivity contribution >= 4 is 5.91 Å². The first-order valence-corrected chi connectivity index (χ1v) is 6.97. The first-order valence-electron chi connectivity index (χ1n) is 6.97. The van der Waals surface area contributed by atoms with Gasteiger partial charge in [-0.3, -0.25) is 9.69 Å². The van der Waals surface area contributed by atoms with Gasteiger partial charge in [-0.05, 0) is 33.4 Å². The Morgan fingerprint density at radius 2 is 2.39 bits per heavy atom. The highest BCUT2D eigenvalue weighted by Crippen LogP contribution is 2.10. The quantitative estimate of drug-likeness (QED) is 0.766. The summed E-state index contributed by atoms with van der Waals surface area (Å²) in [6.07, 6.45) is 2.57. The summed E-state index contributed by atoms with van der Waals surface area (Å²) in [6.45, 7) is 6.80. The zero-order valence-corrected chi connectivity index (χ0v) is 11.5. The third-order valence-corrected chi connectivity index (χ3v) is 3.87. The van der Waals surface area contributed by atoms with E-state index in [0.29, 0.717) is 19.2 Å². The van der Waals surface area contributed by atoms with Crippen molar-refractivity contribution in [2.24, 2.45) is 0 Å². The number of nitrogens with one attached hydrogen (secondary N) is 1. The lowest BCUT2D eigenvalue weighted by Gasteiger charge is -2.35. The fourth-order valence-electron chi connectivity index (χ4n) is 2.70. The molecule has 2 heterocycles. The Bertz CT molecular complexity index is 279. The van der Waals surface area contributed by atoms with Gasteiger partial charge in [-0.25, -0.2) is 0 Å². The molecule has 5 heteroatoms. The van der Waals surface area contributed by atoms with Crippen molar-refractivity contribution in [2.75, 3.05) is 46.4 Å². The summed E-state index contributed by atoms with van der Waals surface area (Å²) in [7, 11) is 2.06. The second-order valence-corrected chi connectivity index (χ2v) is 5.44. The van der Waals surface area contributed by atoms with E-state index in [9.17, 15) is 4.79 Å². The number of hydrogen-bond donors (Lipinski definition) is 1. The molecule has 0 aromatic carbocycles. The molecule has 0 radical (unpaired) electrons. The highest BCUT2D eigenvalue weighted by Gasteiger charge is 2.25. The standard InChI is InChI=1S/C13H25N3O2/c1-11-9-16(6-7-18-11)13(17)10-15(2)12-4-3-5-14-8-12/h11-12,14H,3-10H2,1-2H3. The van der Waals surface area contributed by atoms with Crippen molar-refractivity contribution in [3.63, 3.8) is 0 Å². The van der Waals surface area contributed by atoms with Gasteiger partial charge < -0.3 is 15.0 Å². The van der Waals surface area contributed by atoms with Crippen molar-refractivity contribution in [3.05, 3.63) is 0 Å². The van der Waals surface area contributed by atoms with Gasteiger partial charge in [0.2, 0.25) is 5.91 Å². The number of rotatable bonds is 3. The summed E-state index contributed by atoms with van der Waals surface area (Å²) in [5.41, 5.74) is 0. The molecule has 0 aliphatic carbocycles. The number of hydrogen-bond acceptors (Lipinski definition) is 4. The predicted molar refractivity (Wildman–Crippen MR) is 70.5 cm³/mol. The Labute approximate surface area is 109 Å². The minimum Gasteiger partial charge on any atom is -0.375 e. The predicted octanol–water partition coefficient (Wildman–Crippen LogP) is -0.0825. The lowest BCUT2D eigenvalue weighted by Crippen LogP contribution is -2.51. The molecular weight excluding hydrogens is 230 g/mol. The normalized spacial score (nSPS) is 29.6. The van der Waals surface area contributed by atoms with Crippen LogP contribution >= 0.6 is 0 Å². The van der Waals surface area contributed by atoms with Crippen molar-refractivity contribution in [3.8, 4) is 0 Å². The number of carbonyl (C=O) groups excluding carboxylic acids is 1. The van der Waals surface area contributed by atoms with Crippen LogP contribution < -0.4 is 5.32 Å².